The van der Waals surface area contributed by atoms with Gasteiger partial charge in [0.05, 0.1) is 5.69 Å². The lowest BCUT2D eigenvalue weighted by atomic mass is 10.3. The Labute approximate surface area is 81.2 Å². The molecule has 0 bridgehead atoms. The smallest absolute Gasteiger partial charge is 0.0595 e. The molecule has 0 heterocycles. The highest BCUT2D eigenvalue weighted by molar-refractivity contribution is 14.1. The van der Waals surface area contributed by atoms with E-state index in [2.05, 4.69) is 38.5 Å². The van der Waals surface area contributed by atoms with Crippen molar-refractivity contribution in [1.29, 1.82) is 0 Å². The van der Waals surface area contributed by atoms with Crippen molar-refractivity contribution in [1.82, 2.24) is 0 Å². The second-order valence-electron chi connectivity index (χ2n) is 1.90. The molecular weight excluding hydrogens is 307 g/mol. The van der Waals surface area contributed by atoms with Crippen LogP contribution in [0.4, 0.5) is 11.4 Å². The Hall–Kier alpha value is 0.0300. The highest BCUT2D eigenvalue weighted by atomic mass is 127. The van der Waals surface area contributed by atoms with Gasteiger partial charge < -0.3 is 11.5 Å². The summed E-state index contributed by atoms with van der Waals surface area (Å²) in [6.07, 6.45) is 0. The number of hydrogen-bond donors (Lipinski definition) is 2. The van der Waals surface area contributed by atoms with E-state index in [1.54, 1.807) is 6.07 Å². The molecule has 0 saturated heterocycles. The van der Waals surface area contributed by atoms with Crippen molar-refractivity contribution in [3.8, 4) is 0 Å². The molecule has 0 spiro atoms. The lowest BCUT2D eigenvalue weighted by Crippen LogP contribution is -1.93. The number of nitrogen functional groups attached to an aromatic ring is 2. The molecule has 54 valence electrons. The summed E-state index contributed by atoms with van der Waals surface area (Å²) in [6.45, 7) is 0. The fourth-order valence-corrected chi connectivity index (χ4v) is 2.10. The van der Waals surface area contributed by atoms with Crippen molar-refractivity contribution in [2.45, 2.75) is 0 Å². The largest absolute Gasteiger partial charge is 0.399 e. The van der Waals surface area contributed by atoms with E-state index in [9.17, 15) is 0 Å². The molecule has 1 aromatic carbocycles. The van der Waals surface area contributed by atoms with E-state index in [1.165, 1.54) is 0 Å². The molecule has 0 radical (unpaired) electrons. The van der Waals surface area contributed by atoms with E-state index in [0.29, 0.717) is 0 Å². The van der Waals surface area contributed by atoms with Gasteiger partial charge in [0.2, 0.25) is 0 Å². The van der Waals surface area contributed by atoms with Crippen LogP contribution in [0.1, 0.15) is 0 Å². The summed E-state index contributed by atoms with van der Waals surface area (Å²) >= 11 is 5.43. The monoisotopic (exact) mass is 312 g/mol. The molecule has 0 aliphatic heterocycles. The van der Waals surface area contributed by atoms with Crippen LogP contribution in [0.5, 0.6) is 0 Å². The summed E-state index contributed by atoms with van der Waals surface area (Å²) in [5.41, 5.74) is 12.7. The third-order valence-electron chi connectivity index (χ3n) is 1.10. The van der Waals surface area contributed by atoms with Gasteiger partial charge >= 0.3 is 0 Å². The molecule has 0 unspecified atom stereocenters. The number of nitrogens with two attached hydrogens (primary N) is 2. The summed E-state index contributed by atoms with van der Waals surface area (Å²) in [7, 11) is 0. The first kappa shape index (κ1) is 8.13. The van der Waals surface area contributed by atoms with Crippen molar-refractivity contribution < 1.29 is 0 Å². The van der Waals surface area contributed by atoms with Gasteiger partial charge in [-0.25, -0.2) is 0 Å². The van der Waals surface area contributed by atoms with Gasteiger partial charge in [0.25, 0.3) is 0 Å². The maximum Gasteiger partial charge on any atom is 0.0595 e. The van der Waals surface area contributed by atoms with Crippen molar-refractivity contribution in [2.24, 2.45) is 0 Å². The maximum atomic E-state index is 5.64. The van der Waals surface area contributed by atoms with Crippen molar-refractivity contribution in [3.63, 3.8) is 0 Å². The Morgan fingerprint density at radius 2 is 1.90 bits per heavy atom. The van der Waals surface area contributed by atoms with Gasteiger partial charge in [-0.3, -0.25) is 0 Å². The van der Waals surface area contributed by atoms with Crippen LogP contribution < -0.4 is 11.5 Å². The number of hydrogen-bond acceptors (Lipinski definition) is 2. The predicted molar refractivity (Wildman–Crippen MR) is 55.7 cm³/mol. The molecule has 0 aliphatic rings. The molecule has 2 nitrogen and oxygen atoms in total. The number of halogens is 2. The van der Waals surface area contributed by atoms with Crippen molar-refractivity contribution in [2.75, 3.05) is 11.5 Å². The Kier molecular flexibility index (Phi) is 2.40. The van der Waals surface area contributed by atoms with Gasteiger partial charge in [0, 0.05) is 13.7 Å². The third-order valence-corrected chi connectivity index (χ3v) is 2.65. The molecule has 4 N–H and O–H groups in total. The van der Waals surface area contributed by atoms with E-state index in [0.717, 1.165) is 19.4 Å². The lowest BCUT2D eigenvalue weighted by molar-refractivity contribution is 1.57. The summed E-state index contributed by atoms with van der Waals surface area (Å²) in [5.74, 6) is 0. The minimum Gasteiger partial charge on any atom is -0.399 e. The molecule has 0 aromatic heterocycles. The molecule has 4 heteroatoms. The van der Waals surface area contributed by atoms with Gasteiger partial charge in [-0.2, -0.15) is 0 Å². The first-order chi connectivity index (χ1) is 4.61. The maximum absolute atomic E-state index is 5.64. The van der Waals surface area contributed by atoms with Gasteiger partial charge in [-0.1, -0.05) is 0 Å². The minimum absolute atomic E-state index is 0.727. The first-order valence-electron chi connectivity index (χ1n) is 2.61. The van der Waals surface area contributed by atoms with Crippen molar-refractivity contribution >= 4 is 49.9 Å². The molecule has 0 aliphatic carbocycles. The Bertz CT molecular complexity index is 239. The van der Waals surface area contributed by atoms with E-state index in [1.807, 2.05) is 6.07 Å². The van der Waals surface area contributed by atoms with Crippen LogP contribution in [-0.4, -0.2) is 0 Å². The summed E-state index contributed by atoms with van der Waals surface area (Å²) in [6, 6.07) is 3.62. The van der Waals surface area contributed by atoms with Crippen LogP contribution in [-0.2, 0) is 0 Å². The fourth-order valence-electron chi connectivity index (χ4n) is 0.604. The van der Waals surface area contributed by atoms with Crippen LogP contribution in [0.25, 0.3) is 0 Å². The average Bonchev–Trinajstić information content (AvgIpc) is 1.82. The van der Waals surface area contributed by atoms with Gasteiger partial charge in [0.1, 0.15) is 0 Å². The normalized spacial score (nSPS) is 9.80. The third kappa shape index (κ3) is 1.54. The molecule has 1 aromatic rings. The van der Waals surface area contributed by atoms with E-state index in [4.69, 9.17) is 11.5 Å². The first-order valence-corrected chi connectivity index (χ1v) is 4.48. The lowest BCUT2D eigenvalue weighted by Gasteiger charge is -2.01. The number of benzene rings is 1. The Morgan fingerprint density at radius 3 is 2.40 bits per heavy atom. The number of rotatable bonds is 0. The highest BCUT2D eigenvalue weighted by Gasteiger charge is 2.00. The molecule has 0 amide bonds. The molecule has 1 rings (SSSR count). The summed E-state index contributed by atoms with van der Waals surface area (Å²) in [4.78, 5) is 0. The summed E-state index contributed by atoms with van der Waals surface area (Å²) in [5, 5.41) is 0. The standard InChI is InChI=1S/C6H6BrIN2/c7-4-1-3(9)2-5(8)6(4)10/h1-2H,9-10H2. The predicted octanol–water partition coefficient (Wildman–Crippen LogP) is 2.22. The minimum atomic E-state index is 0.727. The van der Waals surface area contributed by atoms with Crippen LogP contribution in [0.15, 0.2) is 16.6 Å². The molecule has 0 saturated carbocycles. The van der Waals surface area contributed by atoms with Gasteiger partial charge in [-0.15, -0.1) is 0 Å². The summed E-state index contributed by atoms with van der Waals surface area (Å²) < 4.78 is 1.83. The highest BCUT2D eigenvalue weighted by Crippen LogP contribution is 2.27. The SMILES string of the molecule is Nc1cc(Br)c(N)c(I)c1. The van der Waals surface area contributed by atoms with E-state index >= 15 is 0 Å². The molecule has 10 heavy (non-hydrogen) atoms. The van der Waals surface area contributed by atoms with Crippen LogP contribution in [0.3, 0.4) is 0 Å². The zero-order valence-corrected chi connectivity index (χ0v) is 8.81. The molecule has 0 atom stereocenters. The van der Waals surface area contributed by atoms with Crippen LogP contribution >= 0.6 is 38.5 Å². The molecule has 0 fully saturated rings. The zero-order chi connectivity index (χ0) is 7.72. The zero-order valence-electron chi connectivity index (χ0n) is 5.07. The number of anilines is 2. The van der Waals surface area contributed by atoms with Crippen LogP contribution in [0.2, 0.25) is 0 Å². The topological polar surface area (TPSA) is 52.0 Å². The quantitative estimate of drug-likeness (QED) is 0.570. The van der Waals surface area contributed by atoms with Crippen LogP contribution in [0, 0.1) is 3.57 Å². The van der Waals surface area contributed by atoms with Crippen molar-refractivity contribution in [3.05, 3.63) is 20.2 Å². The van der Waals surface area contributed by atoms with E-state index < -0.39 is 0 Å². The Balaban J connectivity index is 3.31. The van der Waals surface area contributed by atoms with Gasteiger partial charge in [-0.05, 0) is 50.7 Å². The second kappa shape index (κ2) is 2.96. The molecular formula is C6H6BrIN2. The van der Waals surface area contributed by atoms with E-state index in [-0.39, 0.29) is 0 Å². The Morgan fingerprint density at radius 1 is 1.30 bits per heavy atom. The fraction of sp³-hybridized carbons (Fsp3) is 0. The second-order valence-corrected chi connectivity index (χ2v) is 3.91. The van der Waals surface area contributed by atoms with Gasteiger partial charge in [0.15, 0.2) is 0 Å². The average molecular weight is 313 g/mol.